The number of nitrogens with zero attached hydrogens (tertiary/aromatic N) is 3. The highest BCUT2D eigenvalue weighted by molar-refractivity contribution is 5.44. The SMILES string of the molecule is Cc1noc(Nc2ccc(F)cn2)n1. The first-order chi connectivity index (χ1) is 6.74. The van der Waals surface area contributed by atoms with Crippen LogP contribution in [0.5, 0.6) is 0 Å². The molecule has 0 bridgehead atoms. The lowest BCUT2D eigenvalue weighted by molar-refractivity contribution is 0.428. The van der Waals surface area contributed by atoms with E-state index in [1.54, 1.807) is 6.92 Å². The third-order valence-electron chi connectivity index (χ3n) is 1.49. The summed E-state index contributed by atoms with van der Waals surface area (Å²) in [5.74, 6) is 0.585. The van der Waals surface area contributed by atoms with Crippen LogP contribution in [0.3, 0.4) is 0 Å². The third-order valence-corrected chi connectivity index (χ3v) is 1.49. The zero-order valence-electron chi connectivity index (χ0n) is 7.36. The smallest absolute Gasteiger partial charge is 0.315 e. The van der Waals surface area contributed by atoms with Gasteiger partial charge in [-0.2, -0.15) is 4.98 Å². The Morgan fingerprint density at radius 1 is 1.43 bits per heavy atom. The van der Waals surface area contributed by atoms with E-state index in [2.05, 4.69) is 20.4 Å². The molecule has 0 aliphatic carbocycles. The van der Waals surface area contributed by atoms with Gasteiger partial charge >= 0.3 is 6.01 Å². The molecular formula is C8H7FN4O. The maximum atomic E-state index is 12.5. The lowest BCUT2D eigenvalue weighted by Gasteiger charge is -1.97. The van der Waals surface area contributed by atoms with Gasteiger partial charge in [0.25, 0.3) is 0 Å². The van der Waals surface area contributed by atoms with Gasteiger partial charge in [-0.25, -0.2) is 9.37 Å². The summed E-state index contributed by atoms with van der Waals surface area (Å²) in [7, 11) is 0. The Bertz CT molecular complexity index is 425. The van der Waals surface area contributed by atoms with E-state index in [0.717, 1.165) is 6.20 Å². The zero-order chi connectivity index (χ0) is 9.97. The number of hydrogen-bond acceptors (Lipinski definition) is 5. The molecule has 0 fully saturated rings. The van der Waals surface area contributed by atoms with Gasteiger partial charge < -0.3 is 4.52 Å². The Morgan fingerprint density at radius 3 is 2.86 bits per heavy atom. The molecule has 0 saturated heterocycles. The molecule has 14 heavy (non-hydrogen) atoms. The van der Waals surface area contributed by atoms with E-state index < -0.39 is 5.82 Å². The number of rotatable bonds is 2. The van der Waals surface area contributed by atoms with Crippen LogP contribution in [0.25, 0.3) is 0 Å². The summed E-state index contributed by atoms with van der Waals surface area (Å²) in [5.41, 5.74) is 0. The Morgan fingerprint density at radius 2 is 2.29 bits per heavy atom. The second-order valence-electron chi connectivity index (χ2n) is 2.63. The summed E-state index contributed by atoms with van der Waals surface area (Å²) in [4.78, 5) is 7.67. The van der Waals surface area contributed by atoms with Crippen LogP contribution in [0.2, 0.25) is 0 Å². The molecule has 0 saturated carbocycles. The topological polar surface area (TPSA) is 63.8 Å². The molecule has 2 heterocycles. The molecule has 0 atom stereocenters. The van der Waals surface area contributed by atoms with Crippen molar-refractivity contribution in [1.82, 2.24) is 15.1 Å². The van der Waals surface area contributed by atoms with Crippen LogP contribution in [0.15, 0.2) is 22.9 Å². The normalized spacial score (nSPS) is 10.1. The summed E-state index contributed by atoms with van der Waals surface area (Å²) in [6.45, 7) is 1.70. The van der Waals surface area contributed by atoms with E-state index in [-0.39, 0.29) is 6.01 Å². The predicted octanol–water partition coefficient (Wildman–Crippen LogP) is 1.66. The van der Waals surface area contributed by atoms with Crippen molar-refractivity contribution in [2.75, 3.05) is 5.32 Å². The van der Waals surface area contributed by atoms with Crippen molar-refractivity contribution < 1.29 is 8.91 Å². The Hall–Kier alpha value is -1.98. The zero-order valence-corrected chi connectivity index (χ0v) is 7.36. The number of halogens is 1. The fraction of sp³-hybridized carbons (Fsp3) is 0.125. The number of aromatic nitrogens is 3. The maximum Gasteiger partial charge on any atom is 0.327 e. The highest BCUT2D eigenvalue weighted by atomic mass is 19.1. The molecule has 0 aliphatic heterocycles. The van der Waals surface area contributed by atoms with E-state index in [1.165, 1.54) is 12.1 Å². The van der Waals surface area contributed by atoms with E-state index >= 15 is 0 Å². The lowest BCUT2D eigenvalue weighted by Crippen LogP contribution is -1.93. The Balaban J connectivity index is 2.15. The van der Waals surface area contributed by atoms with Crippen LogP contribution in [0, 0.1) is 12.7 Å². The minimum absolute atomic E-state index is 0.238. The van der Waals surface area contributed by atoms with Crippen LogP contribution >= 0.6 is 0 Å². The second kappa shape index (κ2) is 3.41. The minimum Gasteiger partial charge on any atom is -0.315 e. The largest absolute Gasteiger partial charge is 0.327 e. The fourth-order valence-corrected chi connectivity index (χ4v) is 0.907. The summed E-state index contributed by atoms with van der Waals surface area (Å²) in [6, 6.07) is 3.01. The molecule has 1 N–H and O–H groups in total. The molecule has 2 aromatic rings. The number of hydrogen-bond donors (Lipinski definition) is 1. The second-order valence-corrected chi connectivity index (χ2v) is 2.63. The van der Waals surface area contributed by atoms with E-state index in [4.69, 9.17) is 4.52 Å². The van der Waals surface area contributed by atoms with Gasteiger partial charge in [0.1, 0.15) is 11.6 Å². The van der Waals surface area contributed by atoms with Gasteiger partial charge in [-0.1, -0.05) is 5.16 Å². The number of pyridine rings is 1. The van der Waals surface area contributed by atoms with Crippen molar-refractivity contribution >= 4 is 11.8 Å². The average molecular weight is 194 g/mol. The van der Waals surface area contributed by atoms with Gasteiger partial charge in [0.2, 0.25) is 0 Å². The molecule has 0 aliphatic rings. The minimum atomic E-state index is -0.391. The van der Waals surface area contributed by atoms with Gasteiger partial charge in [0.05, 0.1) is 6.20 Å². The van der Waals surface area contributed by atoms with Crippen molar-refractivity contribution in [3.05, 3.63) is 30.0 Å². The van der Waals surface area contributed by atoms with Crippen molar-refractivity contribution in [3.8, 4) is 0 Å². The molecule has 2 aromatic heterocycles. The van der Waals surface area contributed by atoms with Gasteiger partial charge in [-0.05, 0) is 19.1 Å². The first-order valence-corrected chi connectivity index (χ1v) is 3.93. The molecule has 0 amide bonds. The number of aryl methyl sites for hydroxylation is 1. The lowest BCUT2D eigenvalue weighted by atomic mass is 10.4. The van der Waals surface area contributed by atoms with E-state index in [1.807, 2.05) is 0 Å². The van der Waals surface area contributed by atoms with Crippen LogP contribution in [-0.4, -0.2) is 15.1 Å². The van der Waals surface area contributed by atoms with Crippen molar-refractivity contribution in [2.45, 2.75) is 6.92 Å². The Kier molecular flexibility index (Phi) is 2.10. The highest BCUT2D eigenvalue weighted by Crippen LogP contribution is 2.11. The third kappa shape index (κ3) is 1.85. The van der Waals surface area contributed by atoms with Crippen LogP contribution in [0.1, 0.15) is 5.82 Å². The first-order valence-electron chi connectivity index (χ1n) is 3.93. The van der Waals surface area contributed by atoms with Gasteiger partial charge in [-0.3, -0.25) is 5.32 Å². The van der Waals surface area contributed by atoms with Crippen LogP contribution in [-0.2, 0) is 0 Å². The molecule has 0 radical (unpaired) electrons. The molecule has 0 unspecified atom stereocenters. The van der Waals surface area contributed by atoms with Crippen molar-refractivity contribution in [2.24, 2.45) is 0 Å². The van der Waals surface area contributed by atoms with Gasteiger partial charge in [0.15, 0.2) is 5.82 Å². The van der Waals surface area contributed by atoms with E-state index in [9.17, 15) is 4.39 Å². The molecule has 0 spiro atoms. The van der Waals surface area contributed by atoms with Gasteiger partial charge in [-0.15, -0.1) is 0 Å². The number of anilines is 2. The number of nitrogens with one attached hydrogen (secondary N) is 1. The monoisotopic (exact) mass is 194 g/mol. The summed E-state index contributed by atoms with van der Waals surface area (Å²) in [5, 5.41) is 6.31. The first kappa shape index (κ1) is 8.61. The van der Waals surface area contributed by atoms with E-state index in [0.29, 0.717) is 11.6 Å². The van der Waals surface area contributed by atoms with Crippen LogP contribution in [0.4, 0.5) is 16.2 Å². The summed E-state index contributed by atoms with van der Waals surface area (Å²) in [6.07, 6.45) is 1.10. The summed E-state index contributed by atoms with van der Waals surface area (Å²) < 4.78 is 17.3. The maximum absolute atomic E-state index is 12.5. The standard InChI is InChI=1S/C8H7FN4O/c1-5-11-8(14-13-5)12-7-3-2-6(9)4-10-7/h2-4H,1H3,(H,10,11,12,13). The fourth-order valence-electron chi connectivity index (χ4n) is 0.907. The molecule has 5 nitrogen and oxygen atoms in total. The molecule has 0 aromatic carbocycles. The molecule has 2 rings (SSSR count). The molecular weight excluding hydrogens is 187 g/mol. The van der Waals surface area contributed by atoms with Crippen molar-refractivity contribution in [1.29, 1.82) is 0 Å². The van der Waals surface area contributed by atoms with Crippen LogP contribution < -0.4 is 5.32 Å². The van der Waals surface area contributed by atoms with Gasteiger partial charge in [0, 0.05) is 0 Å². The predicted molar refractivity (Wildman–Crippen MR) is 46.5 cm³/mol. The average Bonchev–Trinajstić information content (AvgIpc) is 2.56. The Labute approximate surface area is 79.0 Å². The van der Waals surface area contributed by atoms with Crippen molar-refractivity contribution in [3.63, 3.8) is 0 Å². The molecule has 6 heteroatoms. The molecule has 72 valence electrons. The summed E-state index contributed by atoms with van der Waals surface area (Å²) >= 11 is 0. The highest BCUT2D eigenvalue weighted by Gasteiger charge is 2.02. The quantitative estimate of drug-likeness (QED) is 0.787.